The van der Waals surface area contributed by atoms with E-state index in [9.17, 15) is 24.9 Å². The van der Waals surface area contributed by atoms with Gasteiger partial charge in [-0.05, 0) is 78.9 Å². The molecule has 1 aromatic carbocycles. The first kappa shape index (κ1) is 28.3. The Morgan fingerprint density at radius 3 is 2.38 bits per heavy atom. The number of carbonyl (C=O) groups excluding carboxylic acids is 1. The van der Waals surface area contributed by atoms with E-state index in [0.717, 1.165) is 18.4 Å². The second kappa shape index (κ2) is 9.98. The lowest BCUT2D eigenvalue weighted by Gasteiger charge is -2.68. The molecule has 0 bridgehead atoms. The van der Waals surface area contributed by atoms with Crippen molar-refractivity contribution in [1.82, 2.24) is 0 Å². The van der Waals surface area contributed by atoms with Gasteiger partial charge in [0.25, 0.3) is 0 Å². The van der Waals surface area contributed by atoms with Gasteiger partial charge in [0.1, 0.15) is 6.10 Å². The van der Waals surface area contributed by atoms with Crippen LogP contribution in [0.3, 0.4) is 0 Å². The average Bonchev–Trinajstić information content (AvgIpc) is 3.14. The third-order valence-electron chi connectivity index (χ3n) is 11.4. The molecular weight excluding hydrogens is 496 g/mol. The van der Waals surface area contributed by atoms with Crippen LogP contribution < -0.4 is 11.5 Å². The number of benzene rings is 1. The Morgan fingerprint density at radius 2 is 1.77 bits per heavy atom. The number of aliphatic hydroxyl groups excluding tert-OH is 2. The second-order valence-electron chi connectivity index (χ2n) is 13.2. The first-order valence-electron chi connectivity index (χ1n) is 14.4. The summed E-state index contributed by atoms with van der Waals surface area (Å²) in [5, 5.41) is 33.1. The molecule has 214 valence electrons. The lowest BCUT2D eigenvalue weighted by Crippen LogP contribution is -2.74. The summed E-state index contributed by atoms with van der Waals surface area (Å²) in [6.07, 6.45) is 1.84. The van der Waals surface area contributed by atoms with E-state index >= 15 is 0 Å². The molecule has 7 N–H and O–H groups in total. The quantitative estimate of drug-likeness (QED) is 0.282. The van der Waals surface area contributed by atoms with Crippen LogP contribution in [0.5, 0.6) is 0 Å². The SMILES string of the molecule is CC(=O)O[C@H]1C[C@@]2(C)[C@@H](C[C@@H](O)[C@H]3[C@@]4(C)CC[C@@H](O)[C@@H](CN)[C@@H]4CC[C@@]32N)/C1=C(\Cc1ccccc1)C(=O)O. The largest absolute Gasteiger partial charge is 0.478 e. The Morgan fingerprint density at radius 1 is 1.08 bits per heavy atom. The van der Waals surface area contributed by atoms with Gasteiger partial charge in [-0.2, -0.15) is 0 Å². The van der Waals surface area contributed by atoms with Crippen molar-refractivity contribution in [2.24, 2.45) is 46.0 Å². The summed E-state index contributed by atoms with van der Waals surface area (Å²) in [6, 6.07) is 9.42. The lowest BCUT2D eigenvalue weighted by atomic mass is 9.39. The number of nitrogens with two attached hydrogens (primary N) is 2. The number of hydrogen-bond donors (Lipinski definition) is 5. The molecule has 8 heteroatoms. The zero-order chi connectivity index (χ0) is 28.3. The molecule has 4 aliphatic rings. The van der Waals surface area contributed by atoms with Crippen molar-refractivity contribution in [3.8, 4) is 0 Å². The summed E-state index contributed by atoms with van der Waals surface area (Å²) in [7, 11) is 0. The number of hydrogen-bond acceptors (Lipinski definition) is 7. The highest BCUT2D eigenvalue weighted by atomic mass is 16.5. The summed E-state index contributed by atoms with van der Waals surface area (Å²) in [6.45, 7) is 6.06. The van der Waals surface area contributed by atoms with Crippen molar-refractivity contribution < 1.29 is 29.6 Å². The summed E-state index contributed by atoms with van der Waals surface area (Å²) in [5.74, 6) is -1.98. The predicted molar refractivity (Wildman–Crippen MR) is 146 cm³/mol. The standard InChI is InChI=1S/C31H44N2O6/c1-17(34)39-25-15-30(3)22(26(25)19(28(37)38)13-18-7-5-4-6-8-18)14-24(36)27-29(2)11-10-23(35)20(16-32)21(29)9-12-31(27,30)33/h4-8,20-25,27,35-36H,9-16,32-33H2,1-3H3,(H,37,38)/b26-19-/t20-,21-,22-,23+,24+,25-,27-,29-,30-,31+/m0/s1. The van der Waals surface area contributed by atoms with E-state index in [4.69, 9.17) is 16.2 Å². The van der Waals surface area contributed by atoms with Crippen molar-refractivity contribution in [2.45, 2.75) is 89.6 Å². The van der Waals surface area contributed by atoms with Gasteiger partial charge < -0.3 is 31.5 Å². The molecule has 1 aromatic rings. The highest BCUT2D eigenvalue weighted by molar-refractivity contribution is 5.89. The van der Waals surface area contributed by atoms with Crippen LogP contribution in [0.15, 0.2) is 41.5 Å². The van der Waals surface area contributed by atoms with E-state index in [1.807, 2.05) is 30.3 Å². The minimum atomic E-state index is -1.04. The Labute approximate surface area is 230 Å². The van der Waals surface area contributed by atoms with Gasteiger partial charge in [0, 0.05) is 36.3 Å². The number of rotatable bonds is 5. The van der Waals surface area contributed by atoms with Crippen molar-refractivity contribution in [2.75, 3.05) is 6.54 Å². The van der Waals surface area contributed by atoms with Gasteiger partial charge >= 0.3 is 11.9 Å². The second-order valence-corrected chi connectivity index (χ2v) is 13.2. The van der Waals surface area contributed by atoms with Crippen LogP contribution in [-0.2, 0) is 20.7 Å². The zero-order valence-corrected chi connectivity index (χ0v) is 23.3. The topological polar surface area (TPSA) is 156 Å². The van der Waals surface area contributed by atoms with Crippen LogP contribution in [0.1, 0.15) is 64.9 Å². The van der Waals surface area contributed by atoms with E-state index in [1.165, 1.54) is 6.92 Å². The molecule has 0 aliphatic heterocycles. The molecular formula is C31H44N2O6. The minimum absolute atomic E-state index is 0.0386. The first-order valence-corrected chi connectivity index (χ1v) is 14.4. The van der Waals surface area contributed by atoms with Crippen molar-refractivity contribution in [3.63, 3.8) is 0 Å². The third-order valence-corrected chi connectivity index (χ3v) is 11.4. The number of carbonyl (C=O) groups is 2. The molecule has 39 heavy (non-hydrogen) atoms. The lowest BCUT2D eigenvalue weighted by molar-refractivity contribution is -0.202. The predicted octanol–water partition coefficient (Wildman–Crippen LogP) is 2.79. The first-order chi connectivity index (χ1) is 18.4. The molecule has 0 heterocycles. The maximum atomic E-state index is 12.8. The average molecular weight is 541 g/mol. The van der Waals surface area contributed by atoms with Gasteiger partial charge in [0.05, 0.1) is 12.2 Å². The van der Waals surface area contributed by atoms with E-state index < -0.39 is 41.2 Å². The number of esters is 1. The van der Waals surface area contributed by atoms with Gasteiger partial charge in [-0.25, -0.2) is 4.79 Å². The highest BCUT2D eigenvalue weighted by Crippen LogP contribution is 2.70. The maximum absolute atomic E-state index is 12.8. The molecule has 0 radical (unpaired) electrons. The van der Waals surface area contributed by atoms with Crippen molar-refractivity contribution >= 4 is 11.9 Å². The number of ether oxygens (including phenoxy) is 1. The van der Waals surface area contributed by atoms with Gasteiger partial charge in [0.15, 0.2) is 0 Å². The zero-order valence-electron chi connectivity index (χ0n) is 23.3. The van der Waals surface area contributed by atoms with Gasteiger partial charge in [-0.1, -0.05) is 44.2 Å². The van der Waals surface area contributed by atoms with E-state index in [-0.39, 0.29) is 41.1 Å². The van der Waals surface area contributed by atoms with Gasteiger partial charge in [-0.15, -0.1) is 0 Å². The Kier molecular flexibility index (Phi) is 7.24. The summed E-state index contributed by atoms with van der Waals surface area (Å²) in [4.78, 5) is 25.0. The normalized spacial score (nSPS) is 44.5. The molecule has 4 saturated carbocycles. The fourth-order valence-corrected chi connectivity index (χ4v) is 9.72. The number of aliphatic carboxylic acids is 1. The van der Waals surface area contributed by atoms with Crippen LogP contribution in [0, 0.1) is 34.5 Å². The van der Waals surface area contributed by atoms with Crippen LogP contribution >= 0.6 is 0 Å². The molecule has 4 aliphatic carbocycles. The Balaban J connectivity index is 1.62. The molecule has 0 saturated heterocycles. The molecule has 0 amide bonds. The maximum Gasteiger partial charge on any atom is 0.332 e. The number of carboxylic acid groups (broad SMARTS) is 1. The molecule has 0 unspecified atom stereocenters. The van der Waals surface area contributed by atoms with Crippen LogP contribution in [0.4, 0.5) is 0 Å². The van der Waals surface area contributed by atoms with Crippen LogP contribution in [0.2, 0.25) is 0 Å². The smallest absolute Gasteiger partial charge is 0.332 e. The van der Waals surface area contributed by atoms with Crippen LogP contribution in [-0.4, -0.2) is 57.7 Å². The van der Waals surface area contributed by atoms with Gasteiger partial charge in [-0.3, -0.25) is 4.79 Å². The highest BCUT2D eigenvalue weighted by Gasteiger charge is 2.71. The van der Waals surface area contributed by atoms with Crippen molar-refractivity contribution in [1.29, 1.82) is 0 Å². The number of carboxylic acids is 1. The van der Waals surface area contributed by atoms with E-state index in [1.54, 1.807) is 0 Å². The number of fused-ring (bicyclic) bond motifs is 5. The number of aliphatic hydroxyl groups is 2. The third kappa shape index (κ3) is 4.26. The fraction of sp³-hybridized carbons (Fsp3) is 0.677. The summed E-state index contributed by atoms with van der Waals surface area (Å²) in [5.41, 5.74) is 13.6. The molecule has 8 nitrogen and oxygen atoms in total. The van der Waals surface area contributed by atoms with Gasteiger partial charge in [0.2, 0.25) is 0 Å². The minimum Gasteiger partial charge on any atom is -0.478 e. The molecule has 10 atom stereocenters. The molecule has 5 rings (SSSR count). The molecule has 0 aromatic heterocycles. The summed E-state index contributed by atoms with van der Waals surface area (Å²) < 4.78 is 5.84. The van der Waals surface area contributed by atoms with Crippen molar-refractivity contribution in [3.05, 3.63) is 47.0 Å². The van der Waals surface area contributed by atoms with E-state index in [0.29, 0.717) is 37.8 Å². The van der Waals surface area contributed by atoms with E-state index in [2.05, 4.69) is 13.8 Å². The Hall–Kier alpha value is -2.26. The fourth-order valence-electron chi connectivity index (χ4n) is 9.72. The summed E-state index contributed by atoms with van der Waals surface area (Å²) >= 11 is 0. The molecule has 0 spiro atoms. The Bertz CT molecular complexity index is 1150. The van der Waals surface area contributed by atoms with Crippen LogP contribution in [0.25, 0.3) is 0 Å². The monoisotopic (exact) mass is 540 g/mol. The molecule has 4 fully saturated rings.